The summed E-state index contributed by atoms with van der Waals surface area (Å²) in [6.45, 7) is 8.21. The highest BCUT2D eigenvalue weighted by Crippen LogP contribution is 2.24. The Kier molecular flexibility index (Phi) is 4.79. The van der Waals surface area contributed by atoms with E-state index in [9.17, 15) is 4.79 Å². The summed E-state index contributed by atoms with van der Waals surface area (Å²) >= 11 is 0. The standard InChI is InChI=1S/C19H22O2/c1-13(2)18-11-10-17(12-14(18)3)21-15(4)19(20)16-8-6-5-7-9-16/h5-13,15H,1-4H3. The predicted molar refractivity (Wildman–Crippen MR) is 86.1 cm³/mol. The molecule has 0 fully saturated rings. The molecule has 0 bridgehead atoms. The van der Waals surface area contributed by atoms with Crippen LogP contribution in [0.2, 0.25) is 0 Å². The van der Waals surface area contributed by atoms with Gasteiger partial charge in [0.05, 0.1) is 0 Å². The van der Waals surface area contributed by atoms with Crippen LogP contribution in [0.3, 0.4) is 0 Å². The first-order valence-electron chi connectivity index (χ1n) is 7.35. The maximum absolute atomic E-state index is 12.3. The second-order valence-corrected chi connectivity index (χ2v) is 5.66. The molecule has 0 saturated carbocycles. The molecule has 0 aromatic heterocycles. The number of carbonyl (C=O) groups excluding carboxylic acids is 1. The summed E-state index contributed by atoms with van der Waals surface area (Å²) in [4.78, 5) is 12.3. The number of Topliss-reactive ketones (excluding diaryl/α,β-unsaturated/α-hetero) is 1. The Balaban J connectivity index is 2.11. The fourth-order valence-electron chi connectivity index (χ4n) is 2.46. The number of benzene rings is 2. The molecule has 0 aliphatic heterocycles. The van der Waals surface area contributed by atoms with Crippen molar-refractivity contribution in [2.45, 2.75) is 39.7 Å². The summed E-state index contributed by atoms with van der Waals surface area (Å²) in [7, 11) is 0. The molecule has 0 amide bonds. The lowest BCUT2D eigenvalue weighted by Gasteiger charge is -2.16. The molecule has 0 heterocycles. The van der Waals surface area contributed by atoms with Gasteiger partial charge in [-0.2, -0.15) is 0 Å². The number of ketones is 1. The molecule has 110 valence electrons. The van der Waals surface area contributed by atoms with Gasteiger partial charge in [-0.3, -0.25) is 4.79 Å². The van der Waals surface area contributed by atoms with Crippen LogP contribution in [0.4, 0.5) is 0 Å². The van der Waals surface area contributed by atoms with Crippen molar-refractivity contribution in [1.82, 2.24) is 0 Å². The average Bonchev–Trinajstić information content (AvgIpc) is 2.47. The number of hydrogen-bond donors (Lipinski definition) is 0. The lowest BCUT2D eigenvalue weighted by Crippen LogP contribution is -2.23. The van der Waals surface area contributed by atoms with Gasteiger partial charge in [-0.15, -0.1) is 0 Å². The lowest BCUT2D eigenvalue weighted by molar-refractivity contribution is 0.0818. The van der Waals surface area contributed by atoms with Crippen LogP contribution < -0.4 is 4.74 Å². The summed E-state index contributed by atoms with van der Waals surface area (Å²) in [6, 6.07) is 15.3. The van der Waals surface area contributed by atoms with Gasteiger partial charge in [-0.25, -0.2) is 0 Å². The molecule has 0 radical (unpaired) electrons. The van der Waals surface area contributed by atoms with E-state index in [0.29, 0.717) is 11.5 Å². The van der Waals surface area contributed by atoms with E-state index >= 15 is 0 Å². The van der Waals surface area contributed by atoms with Gasteiger partial charge < -0.3 is 4.74 Å². The van der Waals surface area contributed by atoms with Crippen molar-refractivity contribution in [3.8, 4) is 5.75 Å². The largest absolute Gasteiger partial charge is 0.483 e. The molecular formula is C19H22O2. The molecule has 2 rings (SSSR count). The Morgan fingerprint density at radius 1 is 1.00 bits per heavy atom. The maximum Gasteiger partial charge on any atom is 0.202 e. The van der Waals surface area contributed by atoms with Gasteiger partial charge in [0.2, 0.25) is 5.78 Å². The van der Waals surface area contributed by atoms with E-state index in [0.717, 1.165) is 5.75 Å². The smallest absolute Gasteiger partial charge is 0.202 e. The van der Waals surface area contributed by atoms with Crippen molar-refractivity contribution in [2.75, 3.05) is 0 Å². The van der Waals surface area contributed by atoms with Crippen molar-refractivity contribution in [2.24, 2.45) is 0 Å². The molecule has 0 aliphatic rings. The zero-order valence-corrected chi connectivity index (χ0v) is 13.1. The molecule has 0 aliphatic carbocycles. The van der Waals surface area contributed by atoms with E-state index in [1.807, 2.05) is 42.5 Å². The van der Waals surface area contributed by atoms with E-state index in [2.05, 4.69) is 26.8 Å². The van der Waals surface area contributed by atoms with E-state index in [1.54, 1.807) is 6.92 Å². The molecule has 1 unspecified atom stereocenters. The first kappa shape index (κ1) is 15.3. The molecular weight excluding hydrogens is 260 g/mol. The Bertz CT molecular complexity index is 615. The number of aryl methyl sites for hydroxylation is 1. The molecule has 21 heavy (non-hydrogen) atoms. The minimum atomic E-state index is -0.489. The third-order valence-corrected chi connectivity index (χ3v) is 3.60. The van der Waals surface area contributed by atoms with Crippen LogP contribution in [0.5, 0.6) is 5.75 Å². The molecule has 2 nitrogen and oxygen atoms in total. The van der Waals surface area contributed by atoms with Crippen LogP contribution in [0.15, 0.2) is 48.5 Å². The lowest BCUT2D eigenvalue weighted by atomic mass is 9.98. The van der Waals surface area contributed by atoms with Gasteiger partial charge in [0.15, 0.2) is 6.10 Å². The fourth-order valence-corrected chi connectivity index (χ4v) is 2.46. The second kappa shape index (κ2) is 6.57. The highest BCUT2D eigenvalue weighted by Gasteiger charge is 2.17. The van der Waals surface area contributed by atoms with Gasteiger partial charge in [0.25, 0.3) is 0 Å². The summed E-state index contributed by atoms with van der Waals surface area (Å²) in [5.74, 6) is 1.23. The van der Waals surface area contributed by atoms with E-state index < -0.39 is 6.10 Å². The summed E-state index contributed by atoms with van der Waals surface area (Å²) in [5.41, 5.74) is 3.19. The molecule has 0 N–H and O–H groups in total. The van der Waals surface area contributed by atoms with Gasteiger partial charge >= 0.3 is 0 Å². The van der Waals surface area contributed by atoms with Crippen LogP contribution in [0.25, 0.3) is 0 Å². The van der Waals surface area contributed by atoms with Crippen molar-refractivity contribution < 1.29 is 9.53 Å². The molecule has 2 aromatic rings. The van der Waals surface area contributed by atoms with Crippen LogP contribution in [0, 0.1) is 6.92 Å². The van der Waals surface area contributed by atoms with Crippen molar-refractivity contribution in [3.05, 3.63) is 65.2 Å². The van der Waals surface area contributed by atoms with Crippen LogP contribution in [-0.4, -0.2) is 11.9 Å². The number of ether oxygens (including phenoxy) is 1. The highest BCUT2D eigenvalue weighted by atomic mass is 16.5. The molecule has 2 heteroatoms. The van der Waals surface area contributed by atoms with Crippen molar-refractivity contribution in [3.63, 3.8) is 0 Å². The summed E-state index contributed by atoms with van der Waals surface area (Å²) < 4.78 is 5.80. The topological polar surface area (TPSA) is 26.3 Å². The maximum atomic E-state index is 12.3. The van der Waals surface area contributed by atoms with E-state index in [-0.39, 0.29) is 5.78 Å². The average molecular weight is 282 g/mol. The third-order valence-electron chi connectivity index (χ3n) is 3.60. The summed E-state index contributed by atoms with van der Waals surface area (Å²) in [6.07, 6.45) is -0.489. The van der Waals surface area contributed by atoms with Gasteiger partial charge in [-0.1, -0.05) is 50.2 Å². The molecule has 2 aromatic carbocycles. The van der Waals surface area contributed by atoms with Crippen molar-refractivity contribution >= 4 is 5.78 Å². The monoisotopic (exact) mass is 282 g/mol. The van der Waals surface area contributed by atoms with Gasteiger partial charge in [0, 0.05) is 5.56 Å². The minimum Gasteiger partial charge on any atom is -0.483 e. The van der Waals surface area contributed by atoms with Crippen molar-refractivity contribution in [1.29, 1.82) is 0 Å². The van der Waals surface area contributed by atoms with E-state index in [4.69, 9.17) is 4.74 Å². The first-order valence-corrected chi connectivity index (χ1v) is 7.35. The molecule has 0 saturated heterocycles. The van der Waals surface area contributed by atoms with Crippen LogP contribution in [-0.2, 0) is 0 Å². The van der Waals surface area contributed by atoms with E-state index in [1.165, 1.54) is 11.1 Å². The minimum absolute atomic E-state index is 0.00110. The summed E-state index contributed by atoms with van der Waals surface area (Å²) in [5, 5.41) is 0. The Morgan fingerprint density at radius 3 is 2.24 bits per heavy atom. The molecule has 1 atom stereocenters. The predicted octanol–water partition coefficient (Wildman–Crippen LogP) is 4.77. The first-order chi connectivity index (χ1) is 9.99. The quantitative estimate of drug-likeness (QED) is 0.738. The fraction of sp³-hybridized carbons (Fsp3) is 0.316. The van der Waals surface area contributed by atoms with Crippen LogP contribution >= 0.6 is 0 Å². The second-order valence-electron chi connectivity index (χ2n) is 5.66. The Hall–Kier alpha value is -2.09. The Morgan fingerprint density at radius 2 is 1.67 bits per heavy atom. The number of hydrogen-bond acceptors (Lipinski definition) is 2. The Labute approximate surface area is 126 Å². The molecule has 0 spiro atoms. The number of carbonyl (C=O) groups is 1. The SMILES string of the molecule is Cc1cc(OC(C)C(=O)c2ccccc2)ccc1C(C)C. The number of rotatable bonds is 5. The zero-order valence-electron chi connectivity index (χ0n) is 13.1. The highest BCUT2D eigenvalue weighted by molar-refractivity contribution is 5.99. The zero-order chi connectivity index (χ0) is 15.4. The van der Waals surface area contributed by atoms with Crippen LogP contribution in [0.1, 0.15) is 48.2 Å². The third kappa shape index (κ3) is 3.72. The van der Waals surface area contributed by atoms with Gasteiger partial charge in [-0.05, 0) is 43.0 Å². The normalized spacial score (nSPS) is 12.2. The van der Waals surface area contributed by atoms with Gasteiger partial charge in [0.1, 0.15) is 5.75 Å².